The van der Waals surface area contributed by atoms with E-state index >= 15 is 0 Å². The fraction of sp³-hybridized carbons (Fsp3) is 0.250. The molecule has 0 unspecified atom stereocenters. The summed E-state index contributed by atoms with van der Waals surface area (Å²) in [6, 6.07) is 15.6. The number of alkyl halides is 3. The highest BCUT2D eigenvalue weighted by Crippen LogP contribution is 2.32. The fourth-order valence-electron chi connectivity index (χ4n) is 2.74. The van der Waals surface area contributed by atoms with Crippen LogP contribution in [0, 0.1) is 0 Å². The molecule has 0 amide bonds. The molecule has 0 aliphatic rings. The van der Waals surface area contributed by atoms with E-state index in [0.29, 0.717) is 10.9 Å². The average Bonchev–Trinajstić information content (AvgIpc) is 2.64. The third-order valence-electron chi connectivity index (χ3n) is 4.09. The number of anilines is 1. The normalized spacial score (nSPS) is 11.7. The van der Waals surface area contributed by atoms with Crippen molar-refractivity contribution < 1.29 is 13.2 Å². The first-order chi connectivity index (χ1) is 12.5. The highest BCUT2D eigenvalue weighted by Gasteiger charge is 2.30. The molecule has 3 rings (SSSR count). The Kier molecular flexibility index (Phi) is 5.73. The molecular formula is C20H20F3N3. The SMILES string of the molecule is FC(F)(F)c1ccc2c(NCCCNCc3ccccc3)ccnc2c1. The van der Waals surface area contributed by atoms with Crippen molar-refractivity contribution in [1.82, 2.24) is 10.3 Å². The molecule has 3 aromatic rings. The molecule has 2 aromatic carbocycles. The highest BCUT2D eigenvalue weighted by molar-refractivity contribution is 5.91. The second kappa shape index (κ2) is 8.19. The molecule has 0 aliphatic carbocycles. The van der Waals surface area contributed by atoms with Gasteiger partial charge in [0.05, 0.1) is 11.1 Å². The molecule has 0 fully saturated rings. The minimum absolute atomic E-state index is 0.340. The van der Waals surface area contributed by atoms with E-state index in [1.165, 1.54) is 17.8 Å². The number of nitrogens with one attached hydrogen (secondary N) is 2. The number of nitrogens with zero attached hydrogens (tertiary/aromatic N) is 1. The van der Waals surface area contributed by atoms with E-state index in [4.69, 9.17) is 0 Å². The Bertz CT molecular complexity index is 848. The third kappa shape index (κ3) is 4.73. The molecule has 1 aromatic heterocycles. The van der Waals surface area contributed by atoms with E-state index in [9.17, 15) is 13.2 Å². The summed E-state index contributed by atoms with van der Waals surface area (Å²) in [5, 5.41) is 7.35. The Balaban J connectivity index is 1.52. The molecule has 0 saturated carbocycles. The van der Waals surface area contributed by atoms with E-state index in [2.05, 4.69) is 27.8 Å². The van der Waals surface area contributed by atoms with Crippen molar-refractivity contribution >= 4 is 16.6 Å². The number of pyridine rings is 1. The Hall–Kier alpha value is -2.60. The zero-order valence-corrected chi connectivity index (χ0v) is 14.2. The van der Waals surface area contributed by atoms with E-state index in [1.807, 2.05) is 18.2 Å². The standard InChI is InChI=1S/C20H20F3N3/c21-20(22,23)16-7-8-17-18(9-12-26-19(17)13-16)25-11-4-10-24-14-15-5-2-1-3-6-15/h1-3,5-9,12-13,24H,4,10-11,14H2,(H,25,26). The van der Waals surface area contributed by atoms with Gasteiger partial charge in [0.2, 0.25) is 0 Å². The predicted octanol–water partition coefficient (Wildman–Crippen LogP) is 4.85. The minimum atomic E-state index is -4.36. The summed E-state index contributed by atoms with van der Waals surface area (Å²) in [5.41, 5.74) is 1.69. The average molecular weight is 359 g/mol. The van der Waals surface area contributed by atoms with Gasteiger partial charge in [0, 0.05) is 30.4 Å². The van der Waals surface area contributed by atoms with Crippen LogP contribution in [0.1, 0.15) is 17.5 Å². The van der Waals surface area contributed by atoms with Gasteiger partial charge in [-0.25, -0.2) is 0 Å². The van der Waals surface area contributed by atoms with Gasteiger partial charge < -0.3 is 10.6 Å². The molecule has 0 spiro atoms. The van der Waals surface area contributed by atoms with Crippen LogP contribution in [0.4, 0.5) is 18.9 Å². The van der Waals surface area contributed by atoms with Gasteiger partial charge in [-0.2, -0.15) is 13.2 Å². The summed E-state index contributed by atoms with van der Waals surface area (Å²) < 4.78 is 38.4. The zero-order valence-electron chi connectivity index (χ0n) is 14.2. The van der Waals surface area contributed by atoms with Crippen molar-refractivity contribution in [3.8, 4) is 0 Å². The first-order valence-electron chi connectivity index (χ1n) is 8.48. The lowest BCUT2D eigenvalue weighted by molar-refractivity contribution is -0.137. The van der Waals surface area contributed by atoms with Crippen molar-refractivity contribution in [3.63, 3.8) is 0 Å². The van der Waals surface area contributed by atoms with Crippen LogP contribution >= 0.6 is 0 Å². The van der Waals surface area contributed by atoms with Gasteiger partial charge in [0.25, 0.3) is 0 Å². The summed E-state index contributed by atoms with van der Waals surface area (Å²) in [6.07, 6.45) is -1.93. The van der Waals surface area contributed by atoms with Gasteiger partial charge in [0.15, 0.2) is 0 Å². The maximum absolute atomic E-state index is 12.8. The van der Waals surface area contributed by atoms with Gasteiger partial charge in [-0.3, -0.25) is 4.98 Å². The number of rotatable bonds is 7. The van der Waals surface area contributed by atoms with Crippen LogP contribution in [-0.2, 0) is 12.7 Å². The Morgan fingerprint density at radius 2 is 1.73 bits per heavy atom. The predicted molar refractivity (Wildman–Crippen MR) is 98.0 cm³/mol. The summed E-state index contributed by atoms with van der Waals surface area (Å²) >= 11 is 0. The lowest BCUT2D eigenvalue weighted by atomic mass is 10.1. The smallest absolute Gasteiger partial charge is 0.384 e. The molecule has 6 heteroatoms. The molecule has 2 N–H and O–H groups in total. The Labute approximate surface area is 150 Å². The van der Waals surface area contributed by atoms with E-state index in [-0.39, 0.29) is 0 Å². The number of hydrogen-bond donors (Lipinski definition) is 2. The molecule has 1 heterocycles. The lowest BCUT2D eigenvalue weighted by Crippen LogP contribution is -2.17. The first kappa shape index (κ1) is 18.2. The van der Waals surface area contributed by atoms with Crippen LogP contribution in [0.25, 0.3) is 10.9 Å². The molecule has 3 nitrogen and oxygen atoms in total. The minimum Gasteiger partial charge on any atom is -0.384 e. The largest absolute Gasteiger partial charge is 0.416 e. The van der Waals surface area contributed by atoms with Crippen molar-refractivity contribution in [1.29, 1.82) is 0 Å². The molecule has 26 heavy (non-hydrogen) atoms. The van der Waals surface area contributed by atoms with Crippen molar-refractivity contribution in [2.24, 2.45) is 0 Å². The topological polar surface area (TPSA) is 37.0 Å². The summed E-state index contributed by atoms with van der Waals surface area (Å²) in [5.74, 6) is 0. The van der Waals surface area contributed by atoms with Crippen molar-refractivity contribution in [2.75, 3.05) is 18.4 Å². The van der Waals surface area contributed by atoms with Crippen LogP contribution < -0.4 is 10.6 Å². The molecule has 0 atom stereocenters. The van der Waals surface area contributed by atoms with E-state index < -0.39 is 11.7 Å². The number of hydrogen-bond acceptors (Lipinski definition) is 3. The summed E-state index contributed by atoms with van der Waals surface area (Å²) in [7, 11) is 0. The second-order valence-electron chi connectivity index (χ2n) is 6.03. The van der Waals surface area contributed by atoms with Crippen LogP contribution in [0.15, 0.2) is 60.8 Å². The number of fused-ring (bicyclic) bond motifs is 1. The molecular weight excluding hydrogens is 339 g/mol. The second-order valence-corrected chi connectivity index (χ2v) is 6.03. The van der Waals surface area contributed by atoms with Crippen LogP contribution in [0.3, 0.4) is 0 Å². The number of halogens is 3. The van der Waals surface area contributed by atoms with Crippen LogP contribution in [0.2, 0.25) is 0 Å². The molecule has 0 saturated heterocycles. The zero-order chi connectivity index (χ0) is 18.4. The molecule has 0 radical (unpaired) electrons. The Morgan fingerprint density at radius 3 is 2.50 bits per heavy atom. The fourth-order valence-corrected chi connectivity index (χ4v) is 2.74. The summed E-state index contributed by atoms with van der Waals surface area (Å²) in [4.78, 5) is 4.05. The van der Waals surface area contributed by atoms with Gasteiger partial charge in [-0.05, 0) is 36.7 Å². The van der Waals surface area contributed by atoms with E-state index in [0.717, 1.165) is 43.9 Å². The van der Waals surface area contributed by atoms with E-state index in [1.54, 1.807) is 6.07 Å². The maximum atomic E-state index is 12.8. The highest BCUT2D eigenvalue weighted by atomic mass is 19.4. The van der Waals surface area contributed by atoms with Gasteiger partial charge >= 0.3 is 6.18 Å². The van der Waals surface area contributed by atoms with Gasteiger partial charge in [-0.1, -0.05) is 36.4 Å². The van der Waals surface area contributed by atoms with Crippen LogP contribution in [-0.4, -0.2) is 18.1 Å². The molecule has 0 bridgehead atoms. The van der Waals surface area contributed by atoms with Gasteiger partial charge in [-0.15, -0.1) is 0 Å². The number of aromatic nitrogens is 1. The first-order valence-corrected chi connectivity index (χ1v) is 8.48. The lowest BCUT2D eigenvalue weighted by Gasteiger charge is -2.12. The Morgan fingerprint density at radius 1 is 0.923 bits per heavy atom. The quantitative estimate of drug-likeness (QED) is 0.593. The van der Waals surface area contributed by atoms with Gasteiger partial charge in [0.1, 0.15) is 0 Å². The maximum Gasteiger partial charge on any atom is 0.416 e. The van der Waals surface area contributed by atoms with Crippen LogP contribution in [0.5, 0.6) is 0 Å². The third-order valence-corrected chi connectivity index (χ3v) is 4.09. The monoisotopic (exact) mass is 359 g/mol. The van der Waals surface area contributed by atoms with Crippen molar-refractivity contribution in [2.45, 2.75) is 19.1 Å². The molecule has 136 valence electrons. The molecule has 0 aliphatic heterocycles. The summed E-state index contributed by atoms with van der Waals surface area (Å²) in [6.45, 7) is 2.39. The number of benzene rings is 2. The van der Waals surface area contributed by atoms with Crippen molar-refractivity contribution in [3.05, 3.63) is 71.9 Å².